The summed E-state index contributed by atoms with van der Waals surface area (Å²) in [7, 11) is 0. The van der Waals surface area contributed by atoms with E-state index in [1.807, 2.05) is 62.4 Å². The number of para-hydroxylation sites is 3. The first-order valence-corrected chi connectivity index (χ1v) is 8.96. The molecule has 136 valence electrons. The van der Waals surface area contributed by atoms with Crippen molar-refractivity contribution in [3.63, 3.8) is 0 Å². The Hall–Kier alpha value is -2.82. The van der Waals surface area contributed by atoms with E-state index in [0.717, 1.165) is 16.9 Å². The number of hydrogen-bond acceptors (Lipinski definition) is 3. The molecule has 1 aliphatic heterocycles. The molecule has 0 N–H and O–H groups in total. The van der Waals surface area contributed by atoms with Crippen LogP contribution in [0.4, 0.5) is 11.4 Å². The zero-order valence-corrected chi connectivity index (χ0v) is 15.4. The van der Waals surface area contributed by atoms with E-state index in [4.69, 9.17) is 4.74 Å². The molecule has 0 bridgehead atoms. The molecule has 26 heavy (non-hydrogen) atoms. The van der Waals surface area contributed by atoms with Gasteiger partial charge >= 0.3 is 0 Å². The summed E-state index contributed by atoms with van der Waals surface area (Å²) in [4.78, 5) is 28.8. The largest absolute Gasteiger partial charge is 0.479 e. The second kappa shape index (κ2) is 7.60. The molecule has 3 rings (SSSR count). The van der Waals surface area contributed by atoms with Crippen molar-refractivity contribution in [3.05, 3.63) is 54.1 Å². The van der Waals surface area contributed by atoms with Crippen LogP contribution in [0.15, 0.2) is 48.5 Å². The molecule has 0 unspecified atom stereocenters. The molecular formula is C21H24N2O3. The summed E-state index contributed by atoms with van der Waals surface area (Å²) in [6, 6.07) is 15.3. The third-order valence-corrected chi connectivity index (χ3v) is 4.65. The Balaban J connectivity index is 1.76. The monoisotopic (exact) mass is 352 g/mol. The van der Waals surface area contributed by atoms with Crippen LogP contribution in [-0.4, -0.2) is 31.0 Å². The number of rotatable bonds is 5. The van der Waals surface area contributed by atoms with Gasteiger partial charge in [-0.05, 0) is 44.5 Å². The number of ether oxygens (including phenoxy) is 1. The maximum atomic E-state index is 12.8. The molecule has 1 heterocycles. The Morgan fingerprint density at radius 3 is 2.58 bits per heavy atom. The number of hydrogen-bond donors (Lipinski definition) is 0. The third kappa shape index (κ3) is 3.43. The second-order valence-corrected chi connectivity index (χ2v) is 6.39. The molecule has 1 atom stereocenters. The molecule has 2 aromatic carbocycles. The molecule has 2 amide bonds. The smallest absolute Gasteiger partial charge is 0.267 e. The summed E-state index contributed by atoms with van der Waals surface area (Å²) < 4.78 is 5.65. The number of benzene rings is 2. The minimum absolute atomic E-state index is 0.00576. The Morgan fingerprint density at radius 2 is 1.85 bits per heavy atom. The number of carbonyl (C=O) groups is 2. The van der Waals surface area contributed by atoms with E-state index in [0.29, 0.717) is 18.8 Å². The fourth-order valence-corrected chi connectivity index (χ4v) is 3.28. The van der Waals surface area contributed by atoms with Gasteiger partial charge in [0.05, 0.1) is 5.69 Å². The van der Waals surface area contributed by atoms with Crippen LogP contribution in [0.25, 0.3) is 0 Å². The van der Waals surface area contributed by atoms with Crippen LogP contribution >= 0.6 is 0 Å². The average Bonchev–Trinajstić information content (AvgIpc) is 2.64. The van der Waals surface area contributed by atoms with Crippen molar-refractivity contribution < 1.29 is 14.3 Å². The van der Waals surface area contributed by atoms with Gasteiger partial charge in [0, 0.05) is 25.2 Å². The van der Waals surface area contributed by atoms with Gasteiger partial charge in [-0.15, -0.1) is 0 Å². The number of nitrogens with zero attached hydrogens (tertiary/aromatic N) is 2. The number of fused-ring (bicyclic) bond motifs is 1. The van der Waals surface area contributed by atoms with Gasteiger partial charge in [-0.3, -0.25) is 9.59 Å². The highest BCUT2D eigenvalue weighted by Gasteiger charge is 2.31. The van der Waals surface area contributed by atoms with Crippen LogP contribution < -0.4 is 14.5 Å². The van der Waals surface area contributed by atoms with Gasteiger partial charge in [0.1, 0.15) is 5.75 Å². The van der Waals surface area contributed by atoms with E-state index >= 15 is 0 Å². The molecular weight excluding hydrogens is 328 g/mol. The Bertz CT molecular complexity index is 818. The lowest BCUT2D eigenvalue weighted by Crippen LogP contribution is -2.46. The highest BCUT2D eigenvalue weighted by Crippen LogP contribution is 2.33. The maximum Gasteiger partial charge on any atom is 0.267 e. The SMILES string of the molecule is CCN(C(=O)CCN1C(=O)[C@@H](C)Oc2ccccc21)c1ccccc1C. The van der Waals surface area contributed by atoms with E-state index in [2.05, 4.69) is 0 Å². The quantitative estimate of drug-likeness (QED) is 0.827. The van der Waals surface area contributed by atoms with Crippen LogP contribution in [0.3, 0.4) is 0 Å². The summed E-state index contributed by atoms with van der Waals surface area (Å²) in [5.41, 5.74) is 2.70. The summed E-state index contributed by atoms with van der Waals surface area (Å²) in [6.07, 6.45) is -0.284. The van der Waals surface area contributed by atoms with Gasteiger partial charge in [0.15, 0.2) is 6.10 Å². The molecule has 0 saturated carbocycles. The summed E-state index contributed by atoms with van der Waals surface area (Å²) >= 11 is 0. The third-order valence-electron chi connectivity index (χ3n) is 4.65. The number of carbonyl (C=O) groups excluding carboxylic acids is 2. The Labute approximate surface area is 154 Å². The lowest BCUT2D eigenvalue weighted by molar-refractivity contribution is -0.125. The minimum Gasteiger partial charge on any atom is -0.479 e. The fourth-order valence-electron chi connectivity index (χ4n) is 3.28. The van der Waals surface area contributed by atoms with Crippen LogP contribution in [0.1, 0.15) is 25.8 Å². The highest BCUT2D eigenvalue weighted by molar-refractivity contribution is 6.01. The predicted molar refractivity (Wildman–Crippen MR) is 103 cm³/mol. The molecule has 1 aliphatic rings. The van der Waals surface area contributed by atoms with Crippen molar-refractivity contribution in [1.29, 1.82) is 0 Å². The summed E-state index contributed by atoms with van der Waals surface area (Å²) in [6.45, 7) is 6.62. The molecule has 2 aromatic rings. The first kappa shape index (κ1) is 18.0. The molecule has 0 aliphatic carbocycles. The average molecular weight is 352 g/mol. The van der Waals surface area contributed by atoms with Crippen molar-refractivity contribution in [1.82, 2.24) is 0 Å². The van der Waals surface area contributed by atoms with Crippen LogP contribution in [-0.2, 0) is 9.59 Å². The van der Waals surface area contributed by atoms with E-state index in [9.17, 15) is 9.59 Å². The Kier molecular flexibility index (Phi) is 5.26. The van der Waals surface area contributed by atoms with Gasteiger partial charge in [-0.2, -0.15) is 0 Å². The zero-order valence-electron chi connectivity index (χ0n) is 15.4. The van der Waals surface area contributed by atoms with Gasteiger partial charge in [-0.1, -0.05) is 30.3 Å². The summed E-state index contributed by atoms with van der Waals surface area (Å²) in [5.74, 6) is 0.569. The molecule has 0 radical (unpaired) electrons. The number of amides is 2. The van der Waals surface area contributed by atoms with Gasteiger partial charge in [0.2, 0.25) is 5.91 Å². The lowest BCUT2D eigenvalue weighted by atomic mass is 10.1. The first-order chi connectivity index (χ1) is 12.5. The van der Waals surface area contributed by atoms with Crippen molar-refractivity contribution in [3.8, 4) is 5.75 Å². The van der Waals surface area contributed by atoms with Crippen LogP contribution in [0, 0.1) is 6.92 Å². The maximum absolute atomic E-state index is 12.8. The molecule has 5 nitrogen and oxygen atoms in total. The van der Waals surface area contributed by atoms with Crippen molar-refractivity contribution >= 4 is 23.2 Å². The molecule has 0 fully saturated rings. The van der Waals surface area contributed by atoms with Crippen LogP contribution in [0.5, 0.6) is 5.75 Å². The summed E-state index contributed by atoms with van der Waals surface area (Å²) in [5, 5.41) is 0. The molecule has 0 aromatic heterocycles. The second-order valence-electron chi connectivity index (χ2n) is 6.39. The van der Waals surface area contributed by atoms with E-state index in [1.165, 1.54) is 0 Å². The molecule has 0 saturated heterocycles. The van der Waals surface area contributed by atoms with E-state index in [-0.39, 0.29) is 18.2 Å². The number of aryl methyl sites for hydroxylation is 1. The molecule has 0 spiro atoms. The van der Waals surface area contributed by atoms with E-state index in [1.54, 1.807) is 16.7 Å². The van der Waals surface area contributed by atoms with Gasteiger partial charge in [0.25, 0.3) is 5.91 Å². The van der Waals surface area contributed by atoms with Crippen molar-refractivity contribution in [2.24, 2.45) is 0 Å². The predicted octanol–water partition coefficient (Wildman–Crippen LogP) is 3.55. The first-order valence-electron chi connectivity index (χ1n) is 8.96. The standard InChI is InChI=1S/C21H24N2O3/c1-4-22(17-10-6-5-9-15(17)2)20(24)13-14-23-18-11-7-8-12-19(18)26-16(3)21(23)25/h5-12,16H,4,13-14H2,1-3H3/t16-/m1/s1. The minimum atomic E-state index is -0.543. The fraction of sp³-hybridized carbons (Fsp3) is 0.333. The molecule has 5 heteroatoms. The van der Waals surface area contributed by atoms with Crippen molar-refractivity contribution in [2.45, 2.75) is 33.3 Å². The van der Waals surface area contributed by atoms with E-state index < -0.39 is 6.10 Å². The van der Waals surface area contributed by atoms with Gasteiger partial charge < -0.3 is 14.5 Å². The number of anilines is 2. The zero-order chi connectivity index (χ0) is 18.7. The van der Waals surface area contributed by atoms with Crippen molar-refractivity contribution in [2.75, 3.05) is 22.9 Å². The Morgan fingerprint density at radius 1 is 1.15 bits per heavy atom. The van der Waals surface area contributed by atoms with Crippen LogP contribution in [0.2, 0.25) is 0 Å². The lowest BCUT2D eigenvalue weighted by Gasteiger charge is -2.33. The normalized spacial score (nSPS) is 16.0. The van der Waals surface area contributed by atoms with Gasteiger partial charge in [-0.25, -0.2) is 0 Å². The topological polar surface area (TPSA) is 49.9 Å². The highest BCUT2D eigenvalue weighted by atomic mass is 16.5.